The summed E-state index contributed by atoms with van der Waals surface area (Å²) >= 11 is 0. The van der Waals surface area contributed by atoms with E-state index in [2.05, 4.69) is 15.3 Å². The van der Waals surface area contributed by atoms with Crippen molar-refractivity contribution in [3.63, 3.8) is 0 Å². The van der Waals surface area contributed by atoms with E-state index in [-0.39, 0.29) is 23.5 Å². The molecule has 1 aliphatic heterocycles. The van der Waals surface area contributed by atoms with Gasteiger partial charge in [0, 0.05) is 61.9 Å². The van der Waals surface area contributed by atoms with Crippen LogP contribution >= 0.6 is 0 Å². The van der Waals surface area contributed by atoms with Crippen LogP contribution in [0.2, 0.25) is 0 Å². The smallest absolute Gasteiger partial charge is 0.257 e. The van der Waals surface area contributed by atoms with E-state index in [1.54, 1.807) is 18.5 Å². The third kappa shape index (κ3) is 5.19. The number of aryl methyl sites for hydroxylation is 2. The fraction of sp³-hybridized carbons (Fsp3) is 0.333. The zero-order valence-corrected chi connectivity index (χ0v) is 18.0. The van der Waals surface area contributed by atoms with E-state index in [0.717, 1.165) is 30.9 Å². The Hall–Kier alpha value is -3.55. The number of hydrogen-bond donors (Lipinski definition) is 1. The highest BCUT2D eigenvalue weighted by Crippen LogP contribution is 2.26. The van der Waals surface area contributed by atoms with Crippen LogP contribution in [-0.4, -0.2) is 44.3 Å². The van der Waals surface area contributed by atoms with Crippen molar-refractivity contribution in [1.29, 1.82) is 0 Å². The second-order valence-corrected chi connectivity index (χ2v) is 8.03. The summed E-state index contributed by atoms with van der Waals surface area (Å²) in [7, 11) is 0. The second kappa shape index (κ2) is 9.72. The number of carbonyl (C=O) groups excluding carboxylic acids is 2. The molecule has 1 N–H and O–H groups in total. The van der Waals surface area contributed by atoms with Crippen molar-refractivity contribution in [3.8, 4) is 0 Å². The predicted octanol–water partition coefficient (Wildman–Crippen LogP) is 3.77. The van der Waals surface area contributed by atoms with E-state index in [4.69, 9.17) is 0 Å². The number of anilines is 1. The van der Waals surface area contributed by atoms with E-state index in [1.165, 1.54) is 24.3 Å². The average Bonchev–Trinajstić information content (AvgIpc) is 3.23. The second-order valence-electron chi connectivity index (χ2n) is 8.03. The standard InChI is InChI=1S/C24H26FN5O2/c1-17-26-11-14-29(17)13-10-23(31)30-12-2-3-19(16-30)22-9-4-18(15-27-22)24(32)28-21-7-5-20(25)6-8-21/h4-9,11,14-15,19H,2-3,10,12-13,16H2,1H3,(H,28,32). The number of hydrogen-bond acceptors (Lipinski definition) is 4. The first-order valence-corrected chi connectivity index (χ1v) is 10.8. The van der Waals surface area contributed by atoms with Crippen molar-refractivity contribution >= 4 is 17.5 Å². The molecule has 0 aliphatic carbocycles. The molecule has 1 unspecified atom stereocenters. The number of benzene rings is 1. The van der Waals surface area contributed by atoms with Gasteiger partial charge in [-0.25, -0.2) is 9.37 Å². The van der Waals surface area contributed by atoms with Crippen molar-refractivity contribution in [2.75, 3.05) is 18.4 Å². The van der Waals surface area contributed by atoms with Gasteiger partial charge in [0.1, 0.15) is 11.6 Å². The fourth-order valence-corrected chi connectivity index (χ4v) is 3.98. The zero-order valence-electron chi connectivity index (χ0n) is 18.0. The molecule has 1 fully saturated rings. The van der Waals surface area contributed by atoms with Gasteiger partial charge in [0.25, 0.3) is 5.91 Å². The number of rotatable bonds is 6. The maximum Gasteiger partial charge on any atom is 0.257 e. The minimum atomic E-state index is -0.356. The zero-order chi connectivity index (χ0) is 22.5. The molecule has 0 saturated carbocycles. The Labute approximate surface area is 186 Å². The fourth-order valence-electron chi connectivity index (χ4n) is 3.98. The maximum atomic E-state index is 13.0. The summed E-state index contributed by atoms with van der Waals surface area (Å²) in [4.78, 5) is 35.7. The van der Waals surface area contributed by atoms with Crippen LogP contribution in [0.5, 0.6) is 0 Å². The highest BCUT2D eigenvalue weighted by atomic mass is 19.1. The molecule has 0 radical (unpaired) electrons. The van der Waals surface area contributed by atoms with Crippen molar-refractivity contribution < 1.29 is 14.0 Å². The summed E-state index contributed by atoms with van der Waals surface area (Å²) in [5.74, 6) is 0.536. The first-order valence-electron chi connectivity index (χ1n) is 10.8. The molecule has 32 heavy (non-hydrogen) atoms. The lowest BCUT2D eigenvalue weighted by molar-refractivity contribution is -0.132. The van der Waals surface area contributed by atoms with Crippen molar-refractivity contribution in [2.24, 2.45) is 0 Å². The molecule has 4 rings (SSSR count). The normalized spacial score (nSPS) is 16.1. The average molecular weight is 436 g/mol. The largest absolute Gasteiger partial charge is 0.342 e. The van der Waals surface area contributed by atoms with Gasteiger partial charge in [-0.15, -0.1) is 0 Å². The van der Waals surface area contributed by atoms with Gasteiger partial charge in [0.15, 0.2) is 0 Å². The van der Waals surface area contributed by atoms with E-state index in [9.17, 15) is 14.0 Å². The van der Waals surface area contributed by atoms with Crippen LogP contribution in [-0.2, 0) is 11.3 Å². The highest BCUT2D eigenvalue weighted by Gasteiger charge is 2.25. The summed E-state index contributed by atoms with van der Waals surface area (Å²) in [5.41, 5.74) is 1.83. The van der Waals surface area contributed by atoms with Gasteiger partial charge in [-0.1, -0.05) is 0 Å². The molecule has 1 aromatic carbocycles. The summed E-state index contributed by atoms with van der Waals surface area (Å²) in [5, 5.41) is 2.73. The molecule has 3 heterocycles. The first kappa shape index (κ1) is 21.7. The van der Waals surface area contributed by atoms with Crippen molar-refractivity contribution in [2.45, 2.75) is 38.6 Å². The van der Waals surface area contributed by atoms with Crippen LogP contribution in [0.15, 0.2) is 55.0 Å². The molecule has 3 aromatic rings. The minimum absolute atomic E-state index is 0.137. The SMILES string of the molecule is Cc1nccn1CCC(=O)N1CCCC(c2ccc(C(=O)Nc3ccc(F)cc3)cn2)C1. The van der Waals surface area contributed by atoms with E-state index < -0.39 is 0 Å². The van der Waals surface area contributed by atoms with E-state index in [1.807, 2.05) is 28.7 Å². The van der Waals surface area contributed by atoms with Crippen LogP contribution < -0.4 is 5.32 Å². The van der Waals surface area contributed by atoms with Gasteiger partial charge in [-0.3, -0.25) is 14.6 Å². The molecule has 0 bridgehead atoms. The Balaban J connectivity index is 1.33. The monoisotopic (exact) mass is 435 g/mol. The number of aromatic nitrogens is 3. The molecule has 1 aliphatic rings. The Morgan fingerprint density at radius 3 is 2.66 bits per heavy atom. The van der Waals surface area contributed by atoms with Gasteiger partial charge in [0.2, 0.25) is 5.91 Å². The number of amides is 2. The van der Waals surface area contributed by atoms with Crippen molar-refractivity contribution in [3.05, 3.63) is 77.9 Å². The minimum Gasteiger partial charge on any atom is -0.342 e. The van der Waals surface area contributed by atoms with E-state index >= 15 is 0 Å². The lowest BCUT2D eigenvalue weighted by atomic mass is 9.93. The summed E-state index contributed by atoms with van der Waals surface area (Å²) in [6.45, 7) is 3.95. The number of nitrogens with zero attached hydrogens (tertiary/aromatic N) is 4. The number of imidazole rings is 1. The van der Waals surface area contributed by atoms with Crippen molar-refractivity contribution in [1.82, 2.24) is 19.4 Å². The summed E-state index contributed by atoms with van der Waals surface area (Å²) in [6.07, 6.45) is 7.51. The van der Waals surface area contributed by atoms with Crippen LogP contribution in [0.1, 0.15) is 47.1 Å². The van der Waals surface area contributed by atoms with Crippen LogP contribution in [0.4, 0.5) is 10.1 Å². The van der Waals surface area contributed by atoms with Gasteiger partial charge in [-0.05, 0) is 56.2 Å². The number of carbonyl (C=O) groups is 2. The van der Waals surface area contributed by atoms with E-state index in [0.29, 0.717) is 30.8 Å². The molecular weight excluding hydrogens is 409 g/mol. The topological polar surface area (TPSA) is 80.1 Å². The van der Waals surface area contributed by atoms with Gasteiger partial charge >= 0.3 is 0 Å². The number of nitrogens with one attached hydrogen (secondary N) is 1. The lowest BCUT2D eigenvalue weighted by Crippen LogP contribution is -2.39. The quantitative estimate of drug-likeness (QED) is 0.639. The molecule has 2 aromatic heterocycles. The van der Waals surface area contributed by atoms with Gasteiger partial charge in [-0.2, -0.15) is 0 Å². The molecule has 1 atom stereocenters. The molecule has 7 nitrogen and oxygen atoms in total. The maximum absolute atomic E-state index is 13.0. The third-order valence-electron chi connectivity index (χ3n) is 5.83. The predicted molar refractivity (Wildman–Crippen MR) is 119 cm³/mol. The Morgan fingerprint density at radius 2 is 1.97 bits per heavy atom. The summed E-state index contributed by atoms with van der Waals surface area (Å²) in [6, 6.07) is 9.21. The molecule has 1 saturated heterocycles. The Kier molecular flexibility index (Phi) is 6.58. The van der Waals surface area contributed by atoms with Gasteiger partial charge in [0.05, 0.1) is 5.56 Å². The lowest BCUT2D eigenvalue weighted by Gasteiger charge is -2.32. The number of pyridine rings is 1. The highest BCUT2D eigenvalue weighted by molar-refractivity contribution is 6.04. The third-order valence-corrected chi connectivity index (χ3v) is 5.83. The number of piperidine rings is 1. The van der Waals surface area contributed by atoms with Gasteiger partial charge < -0.3 is 14.8 Å². The molecule has 8 heteroatoms. The molecule has 166 valence electrons. The molecule has 2 amide bonds. The number of halogens is 1. The van der Waals surface area contributed by atoms with Crippen LogP contribution in [0.3, 0.4) is 0 Å². The van der Waals surface area contributed by atoms with Crippen LogP contribution in [0.25, 0.3) is 0 Å². The summed E-state index contributed by atoms with van der Waals surface area (Å²) < 4.78 is 15.0. The molecule has 0 spiro atoms. The number of likely N-dealkylation sites (tertiary alicyclic amines) is 1. The van der Waals surface area contributed by atoms with Crippen LogP contribution in [0, 0.1) is 12.7 Å². The first-order chi connectivity index (χ1) is 15.5. The Morgan fingerprint density at radius 1 is 1.16 bits per heavy atom. The molecular formula is C24H26FN5O2. The Bertz CT molecular complexity index is 1080.